The number of hydrogen-bond donors (Lipinski definition) is 1. The van der Waals surface area contributed by atoms with Crippen molar-refractivity contribution in [2.24, 2.45) is 0 Å². The second-order valence-electron chi connectivity index (χ2n) is 7.66. The summed E-state index contributed by atoms with van der Waals surface area (Å²) < 4.78 is 25.1. The van der Waals surface area contributed by atoms with E-state index in [1.165, 1.54) is 0 Å². The normalized spacial score (nSPS) is 12.0. The summed E-state index contributed by atoms with van der Waals surface area (Å²) in [6.07, 6.45) is 1.01. The highest BCUT2D eigenvalue weighted by Gasteiger charge is 2.34. The largest absolute Gasteiger partial charge is 0.362 e. The SMILES string of the molecule is Cc1cc(NC(=O)c2ccccc2P(=O)(OC(C)C)OC(C)C)c2ncccc2c1. The molecular formula is C23H27N2O4P. The number of aromatic nitrogens is 1. The summed E-state index contributed by atoms with van der Waals surface area (Å²) in [6.45, 7) is 9.08. The van der Waals surface area contributed by atoms with Crippen LogP contribution in [-0.4, -0.2) is 23.1 Å². The number of benzene rings is 2. The molecular weight excluding hydrogens is 399 g/mol. The molecule has 158 valence electrons. The zero-order valence-corrected chi connectivity index (χ0v) is 18.8. The minimum absolute atomic E-state index is 0.243. The van der Waals surface area contributed by atoms with E-state index in [-0.39, 0.29) is 23.1 Å². The Kier molecular flexibility index (Phi) is 6.71. The Morgan fingerprint density at radius 3 is 2.33 bits per heavy atom. The first kappa shape index (κ1) is 22.2. The van der Waals surface area contributed by atoms with Crippen LogP contribution in [-0.2, 0) is 13.6 Å². The molecule has 2 aromatic carbocycles. The summed E-state index contributed by atoms with van der Waals surface area (Å²) in [5.74, 6) is -0.400. The van der Waals surface area contributed by atoms with Gasteiger partial charge in [0.25, 0.3) is 5.91 Å². The predicted octanol–water partition coefficient (Wildman–Crippen LogP) is 5.46. The summed E-state index contributed by atoms with van der Waals surface area (Å²) in [7, 11) is -3.71. The number of rotatable bonds is 7. The highest BCUT2D eigenvalue weighted by Crippen LogP contribution is 2.50. The van der Waals surface area contributed by atoms with Gasteiger partial charge in [-0.15, -0.1) is 0 Å². The molecule has 0 saturated carbocycles. The number of pyridine rings is 1. The van der Waals surface area contributed by atoms with Crippen LogP contribution in [0, 0.1) is 6.92 Å². The summed E-state index contributed by atoms with van der Waals surface area (Å²) in [5.41, 5.74) is 2.52. The van der Waals surface area contributed by atoms with Crippen molar-refractivity contribution in [1.29, 1.82) is 0 Å². The number of fused-ring (bicyclic) bond motifs is 1. The van der Waals surface area contributed by atoms with Gasteiger partial charge in [-0.1, -0.05) is 18.2 Å². The van der Waals surface area contributed by atoms with Crippen LogP contribution in [0.25, 0.3) is 10.9 Å². The molecule has 0 radical (unpaired) electrons. The van der Waals surface area contributed by atoms with Gasteiger partial charge in [-0.25, -0.2) is 0 Å². The highest BCUT2D eigenvalue weighted by atomic mass is 31.2. The lowest BCUT2D eigenvalue weighted by Gasteiger charge is -2.24. The highest BCUT2D eigenvalue weighted by molar-refractivity contribution is 7.62. The molecule has 0 aliphatic carbocycles. The second-order valence-corrected chi connectivity index (χ2v) is 9.56. The third kappa shape index (κ3) is 4.96. The average Bonchev–Trinajstić information content (AvgIpc) is 2.66. The van der Waals surface area contributed by atoms with Crippen LogP contribution in [0.1, 0.15) is 43.6 Å². The lowest BCUT2D eigenvalue weighted by Crippen LogP contribution is -2.25. The van der Waals surface area contributed by atoms with E-state index in [0.717, 1.165) is 10.9 Å². The predicted molar refractivity (Wildman–Crippen MR) is 121 cm³/mol. The number of carbonyl (C=O) groups excluding carboxylic acids is 1. The summed E-state index contributed by atoms with van der Waals surface area (Å²) in [5, 5.41) is 4.10. The number of aryl methyl sites for hydroxylation is 1. The molecule has 0 atom stereocenters. The number of hydrogen-bond acceptors (Lipinski definition) is 5. The maximum atomic E-state index is 13.6. The van der Waals surface area contributed by atoms with Crippen molar-refractivity contribution in [1.82, 2.24) is 4.98 Å². The van der Waals surface area contributed by atoms with E-state index in [1.807, 2.05) is 31.2 Å². The minimum Gasteiger partial charge on any atom is -0.320 e. The second kappa shape index (κ2) is 9.09. The van der Waals surface area contributed by atoms with Gasteiger partial charge in [0.15, 0.2) is 0 Å². The Hall–Kier alpha value is -2.53. The topological polar surface area (TPSA) is 77.5 Å². The first-order valence-corrected chi connectivity index (χ1v) is 11.5. The van der Waals surface area contributed by atoms with E-state index in [2.05, 4.69) is 10.3 Å². The van der Waals surface area contributed by atoms with Crippen molar-refractivity contribution >= 4 is 35.4 Å². The van der Waals surface area contributed by atoms with Gasteiger partial charge >= 0.3 is 7.60 Å². The van der Waals surface area contributed by atoms with Crippen LogP contribution < -0.4 is 10.6 Å². The molecule has 0 spiro atoms. The molecule has 7 heteroatoms. The number of nitrogens with zero attached hydrogens (tertiary/aromatic N) is 1. The first-order chi connectivity index (χ1) is 14.2. The molecule has 0 saturated heterocycles. The molecule has 1 heterocycles. The van der Waals surface area contributed by atoms with E-state index in [1.54, 1.807) is 58.2 Å². The Labute approximate surface area is 177 Å². The zero-order valence-electron chi connectivity index (χ0n) is 17.9. The summed E-state index contributed by atoms with van der Waals surface area (Å²) >= 11 is 0. The molecule has 1 N–H and O–H groups in total. The molecule has 3 aromatic rings. The standard InChI is InChI=1S/C23H27N2O4P/c1-15(2)28-30(27,29-16(3)4)21-11-7-6-10-19(21)23(26)25-20-14-17(5)13-18-9-8-12-24-22(18)20/h6-16H,1-5H3,(H,25,26). The monoisotopic (exact) mass is 426 g/mol. The zero-order chi connectivity index (χ0) is 21.9. The van der Waals surface area contributed by atoms with E-state index in [4.69, 9.17) is 9.05 Å². The fraction of sp³-hybridized carbons (Fsp3) is 0.304. The van der Waals surface area contributed by atoms with Gasteiger partial charge in [-0.3, -0.25) is 14.3 Å². The van der Waals surface area contributed by atoms with Gasteiger partial charge < -0.3 is 14.4 Å². The third-order valence-corrected chi connectivity index (χ3v) is 6.62. The lowest BCUT2D eigenvalue weighted by atomic mass is 10.1. The molecule has 3 rings (SSSR count). The van der Waals surface area contributed by atoms with Crippen molar-refractivity contribution in [3.63, 3.8) is 0 Å². The molecule has 6 nitrogen and oxygen atoms in total. The van der Waals surface area contributed by atoms with Gasteiger partial charge in [0, 0.05) is 11.6 Å². The van der Waals surface area contributed by atoms with Crippen LogP contribution in [0.3, 0.4) is 0 Å². The van der Waals surface area contributed by atoms with Crippen LogP contribution in [0.4, 0.5) is 5.69 Å². The number of carbonyl (C=O) groups is 1. The van der Waals surface area contributed by atoms with Crippen molar-refractivity contribution in [2.45, 2.75) is 46.8 Å². The molecule has 30 heavy (non-hydrogen) atoms. The van der Waals surface area contributed by atoms with Gasteiger partial charge in [0.1, 0.15) is 0 Å². The van der Waals surface area contributed by atoms with Gasteiger partial charge in [-0.05, 0) is 70.5 Å². The van der Waals surface area contributed by atoms with E-state index < -0.39 is 13.5 Å². The molecule has 0 aliphatic heterocycles. The van der Waals surface area contributed by atoms with Crippen LogP contribution >= 0.6 is 7.60 Å². The van der Waals surface area contributed by atoms with Gasteiger partial charge in [0.2, 0.25) is 0 Å². The molecule has 0 aliphatic rings. The number of amides is 1. The Morgan fingerprint density at radius 1 is 1.00 bits per heavy atom. The molecule has 1 amide bonds. The Bertz CT molecular complexity index is 1100. The number of anilines is 1. The van der Waals surface area contributed by atoms with E-state index in [0.29, 0.717) is 11.2 Å². The van der Waals surface area contributed by atoms with Gasteiger partial charge in [-0.2, -0.15) is 0 Å². The smallest absolute Gasteiger partial charge is 0.320 e. The first-order valence-electron chi connectivity index (χ1n) is 9.93. The molecule has 0 unspecified atom stereocenters. The number of nitrogens with one attached hydrogen (secondary N) is 1. The fourth-order valence-corrected chi connectivity index (χ4v) is 5.35. The van der Waals surface area contributed by atoms with E-state index in [9.17, 15) is 9.36 Å². The van der Waals surface area contributed by atoms with Crippen LogP contribution in [0.5, 0.6) is 0 Å². The van der Waals surface area contributed by atoms with Crippen molar-refractivity contribution in [3.05, 3.63) is 65.9 Å². The Morgan fingerprint density at radius 2 is 1.67 bits per heavy atom. The Balaban J connectivity index is 2.04. The summed E-state index contributed by atoms with van der Waals surface area (Å²) in [4.78, 5) is 17.6. The summed E-state index contributed by atoms with van der Waals surface area (Å²) in [6, 6.07) is 14.3. The van der Waals surface area contributed by atoms with Crippen molar-refractivity contribution < 1.29 is 18.4 Å². The van der Waals surface area contributed by atoms with Crippen LogP contribution in [0.2, 0.25) is 0 Å². The molecule has 0 bridgehead atoms. The maximum absolute atomic E-state index is 13.6. The maximum Gasteiger partial charge on any atom is 0.362 e. The quantitative estimate of drug-likeness (QED) is 0.508. The molecule has 0 fully saturated rings. The van der Waals surface area contributed by atoms with E-state index >= 15 is 0 Å². The fourth-order valence-electron chi connectivity index (χ4n) is 3.23. The molecule has 1 aromatic heterocycles. The van der Waals surface area contributed by atoms with Crippen molar-refractivity contribution in [3.8, 4) is 0 Å². The minimum atomic E-state index is -3.71. The van der Waals surface area contributed by atoms with Crippen LogP contribution in [0.15, 0.2) is 54.7 Å². The average molecular weight is 426 g/mol. The van der Waals surface area contributed by atoms with Crippen molar-refractivity contribution in [2.75, 3.05) is 5.32 Å². The third-order valence-electron chi connectivity index (χ3n) is 4.24. The lowest BCUT2D eigenvalue weighted by molar-refractivity contribution is 0.102. The van der Waals surface area contributed by atoms with Gasteiger partial charge in [0.05, 0.1) is 34.3 Å².